The lowest BCUT2D eigenvalue weighted by molar-refractivity contribution is -0.115. The van der Waals surface area contributed by atoms with Crippen LogP contribution >= 0.6 is 11.8 Å². The summed E-state index contributed by atoms with van der Waals surface area (Å²) >= 11 is 1.57. The van der Waals surface area contributed by atoms with Gasteiger partial charge in [0, 0.05) is 12.3 Å². The topological polar surface area (TPSA) is 58.4 Å². The minimum atomic E-state index is -0.413. The molecule has 0 aliphatic heterocycles. The van der Waals surface area contributed by atoms with Crippen LogP contribution in [0.15, 0.2) is 18.2 Å². The molecule has 0 fully saturated rings. The number of rotatable bonds is 6. The van der Waals surface area contributed by atoms with Crippen molar-refractivity contribution in [3.8, 4) is 0 Å². The van der Waals surface area contributed by atoms with Crippen molar-refractivity contribution < 1.29 is 9.18 Å². The van der Waals surface area contributed by atoms with Gasteiger partial charge < -0.3 is 16.0 Å². The van der Waals surface area contributed by atoms with E-state index in [1.807, 2.05) is 21.0 Å². The molecule has 1 rings (SSSR count). The van der Waals surface area contributed by atoms with E-state index in [9.17, 15) is 9.18 Å². The summed E-state index contributed by atoms with van der Waals surface area (Å²) in [5.74, 6) is 0.339. The minimum Gasteiger partial charge on any atom is -0.397 e. The van der Waals surface area contributed by atoms with Crippen molar-refractivity contribution in [2.75, 3.05) is 37.4 Å². The summed E-state index contributed by atoms with van der Waals surface area (Å²) in [5.41, 5.74) is 6.33. The van der Waals surface area contributed by atoms with Crippen LogP contribution in [0.3, 0.4) is 0 Å². The van der Waals surface area contributed by atoms with Crippen LogP contribution in [0, 0.1) is 5.82 Å². The molecule has 19 heavy (non-hydrogen) atoms. The number of carbonyl (C=O) groups excluding carboxylic acids is 1. The van der Waals surface area contributed by atoms with Crippen molar-refractivity contribution >= 4 is 29.0 Å². The highest BCUT2D eigenvalue weighted by Gasteiger charge is 2.14. The van der Waals surface area contributed by atoms with Crippen LogP contribution in [0.5, 0.6) is 0 Å². The third kappa shape index (κ3) is 5.48. The number of amides is 1. The Morgan fingerprint density at radius 1 is 1.53 bits per heavy atom. The fourth-order valence-electron chi connectivity index (χ4n) is 1.37. The Hall–Kier alpha value is -1.27. The number of nitrogens with two attached hydrogens (primary N) is 1. The quantitative estimate of drug-likeness (QED) is 0.785. The van der Waals surface area contributed by atoms with Gasteiger partial charge in [0.1, 0.15) is 5.82 Å². The number of hydrogen-bond acceptors (Lipinski definition) is 4. The second kappa shape index (κ2) is 7.35. The maximum atomic E-state index is 12.9. The summed E-state index contributed by atoms with van der Waals surface area (Å²) in [6.07, 6.45) is 0. The number of halogens is 1. The zero-order valence-corrected chi connectivity index (χ0v) is 12.3. The zero-order valence-electron chi connectivity index (χ0n) is 11.4. The number of hydrogen-bond donors (Lipinski definition) is 2. The Morgan fingerprint density at radius 2 is 2.21 bits per heavy atom. The van der Waals surface area contributed by atoms with Gasteiger partial charge in [-0.15, -0.1) is 11.8 Å². The Bertz CT molecular complexity index is 440. The van der Waals surface area contributed by atoms with Gasteiger partial charge in [0.2, 0.25) is 5.91 Å². The lowest BCUT2D eigenvalue weighted by Gasteiger charge is -2.15. The lowest BCUT2D eigenvalue weighted by atomic mass is 10.2. The van der Waals surface area contributed by atoms with Crippen molar-refractivity contribution in [3.63, 3.8) is 0 Å². The number of thioether (sulfide) groups is 1. The average Bonchev–Trinajstić information content (AvgIpc) is 2.32. The van der Waals surface area contributed by atoms with Gasteiger partial charge >= 0.3 is 0 Å². The molecule has 0 saturated carbocycles. The van der Waals surface area contributed by atoms with Crippen LogP contribution in [0.1, 0.15) is 6.92 Å². The number of nitrogen functional groups attached to an aromatic ring is 1. The van der Waals surface area contributed by atoms with Gasteiger partial charge in [-0.2, -0.15) is 0 Å². The van der Waals surface area contributed by atoms with Crippen molar-refractivity contribution in [1.82, 2.24) is 4.90 Å². The first-order valence-corrected chi connectivity index (χ1v) is 7.07. The van der Waals surface area contributed by atoms with E-state index in [2.05, 4.69) is 10.2 Å². The third-order valence-electron chi connectivity index (χ3n) is 2.55. The van der Waals surface area contributed by atoms with E-state index in [-0.39, 0.29) is 16.8 Å². The van der Waals surface area contributed by atoms with Crippen LogP contribution in [0.2, 0.25) is 0 Å². The molecule has 3 N–H and O–H groups in total. The molecule has 0 saturated heterocycles. The van der Waals surface area contributed by atoms with Crippen molar-refractivity contribution in [2.24, 2.45) is 0 Å². The van der Waals surface area contributed by atoms with Crippen LogP contribution < -0.4 is 11.1 Å². The molecule has 0 bridgehead atoms. The van der Waals surface area contributed by atoms with Gasteiger partial charge in [-0.1, -0.05) is 0 Å². The van der Waals surface area contributed by atoms with Gasteiger partial charge in [0.05, 0.1) is 16.6 Å². The summed E-state index contributed by atoms with van der Waals surface area (Å²) < 4.78 is 12.9. The first-order chi connectivity index (χ1) is 8.90. The summed E-state index contributed by atoms with van der Waals surface area (Å²) in [6, 6.07) is 3.94. The van der Waals surface area contributed by atoms with E-state index in [1.54, 1.807) is 11.8 Å². The predicted octanol–water partition coefficient (Wildman–Crippen LogP) is 2.03. The van der Waals surface area contributed by atoms with Crippen LogP contribution in [0.4, 0.5) is 15.8 Å². The molecule has 4 nitrogen and oxygen atoms in total. The van der Waals surface area contributed by atoms with Gasteiger partial charge in [0.15, 0.2) is 0 Å². The molecule has 0 aromatic heterocycles. The summed E-state index contributed by atoms with van der Waals surface area (Å²) in [7, 11) is 3.98. The Balaban J connectivity index is 2.49. The highest BCUT2D eigenvalue weighted by molar-refractivity contribution is 8.00. The fraction of sp³-hybridized carbons (Fsp3) is 0.462. The highest BCUT2D eigenvalue weighted by atomic mass is 32.2. The second-order valence-corrected chi connectivity index (χ2v) is 5.99. The number of benzene rings is 1. The molecular weight excluding hydrogens is 265 g/mol. The van der Waals surface area contributed by atoms with Crippen LogP contribution in [0.25, 0.3) is 0 Å². The van der Waals surface area contributed by atoms with Crippen LogP contribution in [-0.4, -0.2) is 42.4 Å². The molecule has 1 aromatic carbocycles. The summed E-state index contributed by atoms with van der Waals surface area (Å²) in [4.78, 5) is 14.0. The fourth-order valence-corrected chi connectivity index (χ4v) is 2.40. The number of nitrogens with one attached hydrogen (secondary N) is 1. The van der Waals surface area contributed by atoms with E-state index in [4.69, 9.17) is 5.73 Å². The standard InChI is InChI=1S/C13H20FN3OS/c1-9(19-7-6-17(2)3)13(18)16-12-5-4-10(14)8-11(12)15/h4-5,8-9H,6-7,15H2,1-3H3,(H,16,18). The van der Waals surface area contributed by atoms with Crippen molar-refractivity contribution in [1.29, 1.82) is 0 Å². The molecule has 0 aliphatic carbocycles. The van der Waals surface area contributed by atoms with Crippen molar-refractivity contribution in [2.45, 2.75) is 12.2 Å². The summed E-state index contributed by atoms with van der Waals surface area (Å²) in [6.45, 7) is 2.76. The maximum Gasteiger partial charge on any atom is 0.237 e. The first kappa shape index (κ1) is 15.8. The molecule has 1 aromatic rings. The van der Waals surface area contributed by atoms with E-state index < -0.39 is 5.82 Å². The lowest BCUT2D eigenvalue weighted by Crippen LogP contribution is -2.25. The predicted molar refractivity (Wildman–Crippen MR) is 79.9 cm³/mol. The second-order valence-electron chi connectivity index (χ2n) is 4.54. The third-order valence-corrected chi connectivity index (χ3v) is 3.68. The molecule has 106 valence electrons. The molecule has 6 heteroatoms. The number of nitrogens with zero attached hydrogens (tertiary/aromatic N) is 1. The summed E-state index contributed by atoms with van der Waals surface area (Å²) in [5, 5.41) is 2.53. The molecule has 1 atom stereocenters. The minimum absolute atomic E-state index is 0.123. The Labute approximate surface area is 117 Å². The number of anilines is 2. The first-order valence-electron chi connectivity index (χ1n) is 6.02. The van der Waals surface area contributed by atoms with Crippen molar-refractivity contribution in [3.05, 3.63) is 24.0 Å². The van der Waals surface area contributed by atoms with Gasteiger partial charge in [-0.3, -0.25) is 4.79 Å². The van der Waals surface area contributed by atoms with E-state index >= 15 is 0 Å². The van der Waals surface area contributed by atoms with Gasteiger partial charge in [-0.25, -0.2) is 4.39 Å². The largest absolute Gasteiger partial charge is 0.397 e. The smallest absolute Gasteiger partial charge is 0.237 e. The molecule has 0 radical (unpaired) electrons. The molecule has 1 unspecified atom stereocenters. The average molecular weight is 285 g/mol. The molecule has 0 spiro atoms. The maximum absolute atomic E-state index is 12.9. The molecule has 0 aliphatic rings. The van der Waals surface area contributed by atoms with Gasteiger partial charge in [0.25, 0.3) is 0 Å². The van der Waals surface area contributed by atoms with E-state index in [0.717, 1.165) is 12.3 Å². The normalized spacial score (nSPS) is 12.5. The molecular formula is C13H20FN3OS. The highest BCUT2D eigenvalue weighted by Crippen LogP contribution is 2.21. The number of carbonyl (C=O) groups is 1. The zero-order chi connectivity index (χ0) is 14.4. The molecule has 1 amide bonds. The van der Waals surface area contributed by atoms with Gasteiger partial charge in [-0.05, 0) is 39.2 Å². The monoisotopic (exact) mass is 285 g/mol. The molecule has 0 heterocycles. The van der Waals surface area contributed by atoms with Crippen LogP contribution in [-0.2, 0) is 4.79 Å². The SMILES string of the molecule is CC(SCCN(C)C)C(=O)Nc1ccc(F)cc1N. The van der Waals surface area contributed by atoms with E-state index in [0.29, 0.717) is 5.69 Å². The Morgan fingerprint density at radius 3 is 2.79 bits per heavy atom. The Kier molecular flexibility index (Phi) is 6.11. The van der Waals surface area contributed by atoms with E-state index in [1.165, 1.54) is 18.2 Å².